The van der Waals surface area contributed by atoms with E-state index in [-0.39, 0.29) is 0 Å². The van der Waals surface area contributed by atoms with Crippen molar-refractivity contribution in [2.24, 2.45) is 0 Å². The van der Waals surface area contributed by atoms with Crippen molar-refractivity contribution >= 4 is 112 Å². The van der Waals surface area contributed by atoms with E-state index in [1.807, 2.05) is 0 Å². The van der Waals surface area contributed by atoms with Gasteiger partial charge >= 0.3 is 0 Å². The molecule has 0 saturated carbocycles. The van der Waals surface area contributed by atoms with Crippen molar-refractivity contribution in [1.29, 1.82) is 0 Å². The zero-order chi connectivity index (χ0) is 17.1. The van der Waals surface area contributed by atoms with E-state index in [0.717, 1.165) is 0 Å². The molecule has 24 heavy (non-hydrogen) atoms. The molecule has 120 valence electrons. The van der Waals surface area contributed by atoms with Gasteiger partial charge in [0.05, 0.1) is 0 Å². The molecule has 0 aliphatic rings. The van der Waals surface area contributed by atoms with Gasteiger partial charge in [-0.2, -0.15) is 0 Å². The third-order valence-electron chi connectivity index (χ3n) is 3.63. The standard InChI is InChI=1S/2C10H6I2/c2*11-9-6-5-7-3-1-2-4-8(7)10(9)12/h2*1-6H. The maximum absolute atomic E-state index is 2.40. The van der Waals surface area contributed by atoms with E-state index in [4.69, 9.17) is 0 Å². The molecule has 4 heteroatoms. The Hall–Kier alpha value is 0.320. The van der Waals surface area contributed by atoms with Crippen LogP contribution in [-0.2, 0) is 0 Å². The van der Waals surface area contributed by atoms with Gasteiger partial charge in [0.15, 0.2) is 0 Å². The maximum Gasteiger partial charge on any atom is 0.0342 e. The molecule has 0 aliphatic heterocycles. The van der Waals surface area contributed by atoms with Gasteiger partial charge in [-0.15, -0.1) is 0 Å². The molecule has 0 amide bonds. The molecular formula is C20H12I4. The highest BCUT2D eigenvalue weighted by atomic mass is 127. The lowest BCUT2D eigenvalue weighted by Gasteiger charge is -2.01. The van der Waals surface area contributed by atoms with E-state index < -0.39 is 0 Å². The van der Waals surface area contributed by atoms with E-state index in [9.17, 15) is 0 Å². The molecule has 0 fully saturated rings. The van der Waals surface area contributed by atoms with Crippen LogP contribution in [0.1, 0.15) is 0 Å². The van der Waals surface area contributed by atoms with Gasteiger partial charge in [0, 0.05) is 14.3 Å². The van der Waals surface area contributed by atoms with Crippen LogP contribution in [0.25, 0.3) is 21.5 Å². The van der Waals surface area contributed by atoms with Gasteiger partial charge in [0.25, 0.3) is 0 Å². The Labute approximate surface area is 196 Å². The summed E-state index contributed by atoms with van der Waals surface area (Å²) in [4.78, 5) is 0. The Balaban J connectivity index is 0.000000141. The Bertz CT molecular complexity index is 925. The summed E-state index contributed by atoms with van der Waals surface area (Å²) in [6.45, 7) is 0. The van der Waals surface area contributed by atoms with Gasteiger partial charge in [-0.1, -0.05) is 60.7 Å². The highest BCUT2D eigenvalue weighted by molar-refractivity contribution is 14.1. The Morgan fingerprint density at radius 3 is 1.21 bits per heavy atom. The first kappa shape index (κ1) is 19.1. The third kappa shape index (κ3) is 4.35. The average molecular weight is 760 g/mol. The quantitative estimate of drug-likeness (QED) is 0.159. The van der Waals surface area contributed by atoms with Crippen molar-refractivity contribution in [3.63, 3.8) is 0 Å². The van der Waals surface area contributed by atoms with Crippen molar-refractivity contribution in [3.05, 3.63) is 87.1 Å². The molecule has 0 heterocycles. The molecule has 0 radical (unpaired) electrons. The van der Waals surface area contributed by atoms with Crippen molar-refractivity contribution in [2.45, 2.75) is 0 Å². The summed E-state index contributed by atoms with van der Waals surface area (Å²) in [6, 6.07) is 25.6. The first-order valence-corrected chi connectivity index (χ1v) is 11.5. The van der Waals surface area contributed by atoms with E-state index >= 15 is 0 Å². The van der Waals surface area contributed by atoms with E-state index in [0.29, 0.717) is 0 Å². The topological polar surface area (TPSA) is 0 Å². The summed E-state index contributed by atoms with van der Waals surface area (Å²) in [5, 5.41) is 5.35. The van der Waals surface area contributed by atoms with Gasteiger partial charge in [0.1, 0.15) is 0 Å². The zero-order valence-electron chi connectivity index (χ0n) is 12.4. The van der Waals surface area contributed by atoms with Crippen LogP contribution in [0.4, 0.5) is 0 Å². The SMILES string of the molecule is Ic1ccc2ccccc2c1I.Ic1ccc2ccccc2c1I. The molecule has 0 nitrogen and oxygen atoms in total. The minimum atomic E-state index is 1.32. The molecule has 0 saturated heterocycles. The molecule has 0 unspecified atom stereocenters. The second kappa shape index (κ2) is 8.81. The molecule has 4 aromatic rings. The predicted molar refractivity (Wildman–Crippen MR) is 139 cm³/mol. The number of rotatable bonds is 0. The third-order valence-corrected chi connectivity index (χ3v) is 9.82. The van der Waals surface area contributed by atoms with Gasteiger partial charge in [-0.05, 0) is 124 Å². The van der Waals surface area contributed by atoms with E-state index in [2.05, 4.69) is 163 Å². The van der Waals surface area contributed by atoms with Crippen LogP contribution in [0.3, 0.4) is 0 Å². The Kier molecular flexibility index (Phi) is 7.01. The van der Waals surface area contributed by atoms with Crippen LogP contribution < -0.4 is 0 Å². The molecular weight excluding hydrogens is 748 g/mol. The predicted octanol–water partition coefficient (Wildman–Crippen LogP) is 8.10. The average Bonchev–Trinajstić information content (AvgIpc) is 2.62. The summed E-state index contributed by atoms with van der Waals surface area (Å²) in [6.07, 6.45) is 0. The van der Waals surface area contributed by atoms with Crippen molar-refractivity contribution in [3.8, 4) is 0 Å². The van der Waals surface area contributed by atoms with Gasteiger partial charge in [0.2, 0.25) is 0 Å². The van der Waals surface area contributed by atoms with Crippen LogP contribution >= 0.6 is 90.4 Å². The summed E-state index contributed by atoms with van der Waals surface area (Å²) < 4.78 is 5.36. The molecule has 0 atom stereocenters. The lowest BCUT2D eigenvalue weighted by atomic mass is 10.1. The summed E-state index contributed by atoms with van der Waals surface area (Å²) in [5.41, 5.74) is 0. The zero-order valence-corrected chi connectivity index (χ0v) is 21.1. The minimum absolute atomic E-state index is 1.32. The first-order valence-electron chi connectivity index (χ1n) is 7.23. The van der Waals surface area contributed by atoms with E-state index in [1.54, 1.807) is 0 Å². The molecule has 0 aromatic heterocycles. The number of hydrogen-bond acceptors (Lipinski definition) is 0. The highest BCUT2D eigenvalue weighted by Crippen LogP contribution is 2.25. The lowest BCUT2D eigenvalue weighted by Crippen LogP contribution is -1.81. The monoisotopic (exact) mass is 760 g/mol. The van der Waals surface area contributed by atoms with Crippen molar-refractivity contribution < 1.29 is 0 Å². The molecule has 0 aliphatic carbocycles. The Morgan fingerprint density at radius 2 is 0.792 bits per heavy atom. The number of fused-ring (bicyclic) bond motifs is 2. The molecule has 4 rings (SSSR count). The van der Waals surface area contributed by atoms with Crippen molar-refractivity contribution in [2.75, 3.05) is 0 Å². The molecule has 0 spiro atoms. The van der Waals surface area contributed by atoms with Crippen LogP contribution in [0.5, 0.6) is 0 Å². The largest absolute Gasteiger partial charge is 0.0616 e. The summed E-state index contributed by atoms with van der Waals surface area (Å²) >= 11 is 9.52. The number of halogens is 4. The van der Waals surface area contributed by atoms with Crippen LogP contribution in [0.2, 0.25) is 0 Å². The summed E-state index contributed by atoms with van der Waals surface area (Å²) in [5.74, 6) is 0. The van der Waals surface area contributed by atoms with Crippen LogP contribution in [0.15, 0.2) is 72.8 Å². The van der Waals surface area contributed by atoms with Gasteiger partial charge in [-0.25, -0.2) is 0 Å². The fraction of sp³-hybridized carbons (Fsp3) is 0. The molecule has 4 aromatic carbocycles. The van der Waals surface area contributed by atoms with Crippen LogP contribution in [-0.4, -0.2) is 0 Å². The van der Waals surface area contributed by atoms with Gasteiger partial charge in [-0.3, -0.25) is 0 Å². The second-order valence-electron chi connectivity index (χ2n) is 5.17. The van der Waals surface area contributed by atoms with E-state index in [1.165, 1.54) is 35.8 Å². The second-order valence-corrected chi connectivity index (χ2v) is 9.65. The molecule has 0 bridgehead atoms. The van der Waals surface area contributed by atoms with Crippen LogP contribution in [0, 0.1) is 14.3 Å². The summed E-state index contributed by atoms with van der Waals surface area (Å²) in [7, 11) is 0. The maximum atomic E-state index is 2.40. The fourth-order valence-electron chi connectivity index (χ4n) is 2.41. The minimum Gasteiger partial charge on any atom is -0.0616 e. The van der Waals surface area contributed by atoms with Gasteiger partial charge < -0.3 is 0 Å². The molecule has 0 N–H and O–H groups in total. The Morgan fingerprint density at radius 1 is 0.417 bits per heavy atom. The number of hydrogen-bond donors (Lipinski definition) is 0. The normalized spacial score (nSPS) is 10.5. The van der Waals surface area contributed by atoms with Crippen molar-refractivity contribution in [1.82, 2.24) is 0 Å². The first-order chi connectivity index (χ1) is 11.6. The smallest absolute Gasteiger partial charge is 0.0342 e. The lowest BCUT2D eigenvalue weighted by molar-refractivity contribution is 1.64. The fourth-order valence-corrected chi connectivity index (χ4v) is 4.70. The number of benzene rings is 4. The highest BCUT2D eigenvalue weighted by Gasteiger charge is 2.01.